The first-order chi connectivity index (χ1) is 11.8. The van der Waals surface area contributed by atoms with E-state index in [0.29, 0.717) is 25.6 Å². The van der Waals surface area contributed by atoms with Crippen molar-refractivity contribution in [3.63, 3.8) is 0 Å². The molecule has 1 fully saturated rings. The molecule has 0 bridgehead atoms. The molecule has 2 heterocycles. The molecule has 1 aliphatic heterocycles. The molecular formula is C19H26N4O. The van der Waals surface area contributed by atoms with Gasteiger partial charge < -0.3 is 10.2 Å². The largest absolute Gasteiger partial charge is 0.337 e. The summed E-state index contributed by atoms with van der Waals surface area (Å²) in [5.74, 6) is 0.577. The SMILES string of the molecule is CCN(Cc1ccccc1)C(=O)Cn1nccc1[C@@H]1CCCNC1. The van der Waals surface area contributed by atoms with Crippen LogP contribution in [0.4, 0.5) is 0 Å². The van der Waals surface area contributed by atoms with Gasteiger partial charge in [-0.15, -0.1) is 0 Å². The number of hydrogen-bond donors (Lipinski definition) is 1. The summed E-state index contributed by atoms with van der Waals surface area (Å²) in [7, 11) is 0. The first-order valence-electron chi connectivity index (χ1n) is 8.82. The van der Waals surface area contributed by atoms with Crippen molar-refractivity contribution in [1.29, 1.82) is 0 Å². The van der Waals surface area contributed by atoms with Gasteiger partial charge >= 0.3 is 0 Å². The first kappa shape index (κ1) is 16.7. The normalized spacial score (nSPS) is 17.6. The smallest absolute Gasteiger partial charge is 0.244 e. The minimum Gasteiger partial charge on any atom is -0.337 e. The number of hydrogen-bond acceptors (Lipinski definition) is 3. The molecule has 1 aliphatic rings. The predicted molar refractivity (Wildman–Crippen MR) is 94.6 cm³/mol. The van der Waals surface area contributed by atoms with Gasteiger partial charge in [0.25, 0.3) is 0 Å². The molecule has 1 amide bonds. The Bertz CT molecular complexity index is 646. The van der Waals surface area contributed by atoms with E-state index in [1.54, 1.807) is 0 Å². The van der Waals surface area contributed by atoms with Crippen molar-refractivity contribution in [2.24, 2.45) is 0 Å². The lowest BCUT2D eigenvalue weighted by Gasteiger charge is -2.25. The number of rotatable bonds is 6. The molecule has 0 aliphatic carbocycles. The van der Waals surface area contributed by atoms with Gasteiger partial charge in [0.15, 0.2) is 0 Å². The zero-order chi connectivity index (χ0) is 16.8. The Hall–Kier alpha value is -2.14. The van der Waals surface area contributed by atoms with Crippen LogP contribution >= 0.6 is 0 Å². The van der Waals surface area contributed by atoms with Gasteiger partial charge in [-0.05, 0) is 37.9 Å². The number of carbonyl (C=O) groups excluding carboxylic acids is 1. The third-order valence-electron chi connectivity index (χ3n) is 4.70. The molecule has 1 atom stereocenters. The zero-order valence-electron chi connectivity index (χ0n) is 14.3. The molecule has 2 aromatic rings. The molecule has 0 radical (unpaired) electrons. The second-order valence-electron chi connectivity index (χ2n) is 6.35. The van der Waals surface area contributed by atoms with Crippen LogP contribution in [0.2, 0.25) is 0 Å². The van der Waals surface area contributed by atoms with Gasteiger partial charge in [0.1, 0.15) is 6.54 Å². The van der Waals surface area contributed by atoms with E-state index < -0.39 is 0 Å². The second kappa shape index (κ2) is 8.11. The maximum absolute atomic E-state index is 12.7. The number of likely N-dealkylation sites (N-methyl/N-ethyl adjacent to an activating group) is 1. The first-order valence-corrected chi connectivity index (χ1v) is 8.82. The van der Waals surface area contributed by atoms with E-state index in [-0.39, 0.29) is 5.91 Å². The number of nitrogens with zero attached hydrogens (tertiary/aromatic N) is 3. The Kier molecular flexibility index (Phi) is 5.64. The number of nitrogens with one attached hydrogen (secondary N) is 1. The molecule has 1 aromatic carbocycles. The summed E-state index contributed by atoms with van der Waals surface area (Å²) >= 11 is 0. The summed E-state index contributed by atoms with van der Waals surface area (Å²) in [6.45, 7) is 5.76. The number of amides is 1. The molecule has 0 saturated carbocycles. The summed E-state index contributed by atoms with van der Waals surface area (Å²) in [6.07, 6.45) is 4.15. The van der Waals surface area contributed by atoms with Crippen molar-refractivity contribution in [3.05, 3.63) is 53.9 Å². The van der Waals surface area contributed by atoms with E-state index in [1.165, 1.54) is 12.1 Å². The molecular weight excluding hydrogens is 300 g/mol. The van der Waals surface area contributed by atoms with Crippen LogP contribution in [0.1, 0.15) is 36.9 Å². The van der Waals surface area contributed by atoms with Crippen LogP contribution in [0.25, 0.3) is 0 Å². The molecule has 5 nitrogen and oxygen atoms in total. The second-order valence-corrected chi connectivity index (χ2v) is 6.35. The van der Waals surface area contributed by atoms with Crippen molar-refractivity contribution < 1.29 is 4.79 Å². The van der Waals surface area contributed by atoms with Gasteiger partial charge in [-0.25, -0.2) is 0 Å². The van der Waals surface area contributed by atoms with E-state index in [4.69, 9.17) is 0 Å². The molecule has 5 heteroatoms. The highest BCUT2D eigenvalue weighted by atomic mass is 16.2. The Labute approximate surface area is 143 Å². The Morgan fingerprint density at radius 2 is 2.17 bits per heavy atom. The number of carbonyl (C=O) groups is 1. The van der Waals surface area contributed by atoms with E-state index in [1.807, 2.05) is 40.9 Å². The summed E-state index contributed by atoms with van der Waals surface area (Å²) in [4.78, 5) is 14.6. The van der Waals surface area contributed by atoms with E-state index in [9.17, 15) is 4.79 Å². The molecule has 128 valence electrons. The van der Waals surface area contributed by atoms with Crippen LogP contribution < -0.4 is 5.32 Å². The van der Waals surface area contributed by atoms with Gasteiger partial charge in [-0.1, -0.05) is 30.3 Å². The third-order valence-corrected chi connectivity index (χ3v) is 4.70. The van der Waals surface area contributed by atoms with Gasteiger partial charge in [0, 0.05) is 37.4 Å². The highest BCUT2D eigenvalue weighted by molar-refractivity contribution is 5.76. The molecule has 3 rings (SSSR count). The molecule has 0 spiro atoms. The zero-order valence-corrected chi connectivity index (χ0v) is 14.3. The maximum Gasteiger partial charge on any atom is 0.244 e. The van der Waals surface area contributed by atoms with Crippen molar-refractivity contribution in [2.75, 3.05) is 19.6 Å². The minimum atomic E-state index is 0.120. The van der Waals surface area contributed by atoms with Crippen LogP contribution in [-0.4, -0.2) is 40.2 Å². The van der Waals surface area contributed by atoms with Crippen LogP contribution in [0.5, 0.6) is 0 Å². The van der Waals surface area contributed by atoms with Gasteiger partial charge in [-0.3, -0.25) is 9.48 Å². The van der Waals surface area contributed by atoms with Crippen molar-refractivity contribution >= 4 is 5.91 Å². The van der Waals surface area contributed by atoms with Crippen LogP contribution in [0, 0.1) is 0 Å². The van der Waals surface area contributed by atoms with Crippen LogP contribution in [0.15, 0.2) is 42.6 Å². The topological polar surface area (TPSA) is 50.2 Å². The van der Waals surface area contributed by atoms with Crippen LogP contribution in [-0.2, 0) is 17.9 Å². The van der Waals surface area contributed by atoms with E-state index in [0.717, 1.165) is 25.1 Å². The Morgan fingerprint density at radius 1 is 1.33 bits per heavy atom. The highest BCUT2D eigenvalue weighted by Crippen LogP contribution is 2.22. The lowest BCUT2D eigenvalue weighted by molar-refractivity contribution is -0.132. The average molecular weight is 326 g/mol. The lowest BCUT2D eigenvalue weighted by Crippen LogP contribution is -2.35. The van der Waals surface area contributed by atoms with Gasteiger partial charge in [-0.2, -0.15) is 5.10 Å². The number of benzene rings is 1. The highest BCUT2D eigenvalue weighted by Gasteiger charge is 2.21. The third kappa shape index (κ3) is 4.03. The summed E-state index contributed by atoms with van der Waals surface area (Å²) in [6, 6.07) is 12.2. The fraction of sp³-hybridized carbons (Fsp3) is 0.474. The Morgan fingerprint density at radius 3 is 2.88 bits per heavy atom. The standard InChI is InChI=1S/C19H26N4O/c1-2-22(14-16-7-4-3-5-8-16)19(24)15-23-18(10-12-21-23)17-9-6-11-20-13-17/h3-5,7-8,10,12,17,20H,2,6,9,11,13-15H2,1H3/t17-/m1/s1. The Balaban J connectivity index is 1.66. The predicted octanol–water partition coefficient (Wildman–Crippen LogP) is 2.40. The fourth-order valence-corrected chi connectivity index (χ4v) is 3.33. The van der Waals surface area contributed by atoms with E-state index >= 15 is 0 Å². The van der Waals surface area contributed by atoms with Gasteiger partial charge in [0.05, 0.1) is 0 Å². The summed E-state index contributed by atoms with van der Waals surface area (Å²) in [5.41, 5.74) is 2.33. The van der Waals surface area contributed by atoms with Crippen molar-refractivity contribution in [3.8, 4) is 0 Å². The minimum absolute atomic E-state index is 0.120. The molecule has 0 unspecified atom stereocenters. The lowest BCUT2D eigenvalue weighted by atomic mass is 9.96. The maximum atomic E-state index is 12.7. The average Bonchev–Trinajstić information content (AvgIpc) is 3.09. The molecule has 1 N–H and O–H groups in total. The number of aromatic nitrogens is 2. The summed E-state index contributed by atoms with van der Waals surface area (Å²) < 4.78 is 1.88. The monoisotopic (exact) mass is 326 g/mol. The van der Waals surface area contributed by atoms with Crippen molar-refractivity contribution in [1.82, 2.24) is 20.0 Å². The molecule has 1 saturated heterocycles. The molecule has 24 heavy (non-hydrogen) atoms. The molecule has 1 aromatic heterocycles. The quantitative estimate of drug-likeness (QED) is 0.887. The van der Waals surface area contributed by atoms with Crippen molar-refractivity contribution in [2.45, 2.75) is 38.8 Å². The van der Waals surface area contributed by atoms with Crippen LogP contribution in [0.3, 0.4) is 0 Å². The van der Waals surface area contributed by atoms with Gasteiger partial charge in [0.2, 0.25) is 5.91 Å². The number of piperidine rings is 1. The van der Waals surface area contributed by atoms with E-state index in [2.05, 4.69) is 28.6 Å². The fourth-order valence-electron chi connectivity index (χ4n) is 3.33. The summed E-state index contributed by atoms with van der Waals surface area (Å²) in [5, 5.41) is 7.83.